The predicted molar refractivity (Wildman–Crippen MR) is 54.4 cm³/mol. The number of nitrogens with one attached hydrogen (secondary N) is 1. The molecule has 1 fully saturated rings. The first kappa shape index (κ1) is 9.34. The van der Waals surface area contributed by atoms with Crippen molar-refractivity contribution in [2.75, 3.05) is 19.9 Å². The van der Waals surface area contributed by atoms with Crippen LogP contribution >= 0.6 is 0 Å². The van der Waals surface area contributed by atoms with Crippen LogP contribution in [0, 0.1) is 0 Å². The summed E-state index contributed by atoms with van der Waals surface area (Å²) < 4.78 is 10.7. The maximum Gasteiger partial charge on any atom is 0.231 e. The van der Waals surface area contributed by atoms with Crippen LogP contribution in [0.25, 0.3) is 0 Å². The maximum absolute atomic E-state index is 5.35. The summed E-state index contributed by atoms with van der Waals surface area (Å²) in [5.41, 5.74) is 1.26. The Morgan fingerprint density at radius 3 is 3.00 bits per heavy atom. The minimum atomic E-state index is 0.353. The average Bonchev–Trinajstić information content (AvgIpc) is 2.54. The molecule has 1 N–H and O–H groups in total. The van der Waals surface area contributed by atoms with E-state index in [9.17, 15) is 0 Å². The summed E-state index contributed by atoms with van der Waals surface area (Å²) in [6.45, 7) is 4.33. The van der Waals surface area contributed by atoms with E-state index in [1.165, 1.54) is 5.57 Å². The largest absolute Gasteiger partial charge is 0.454 e. The summed E-state index contributed by atoms with van der Waals surface area (Å²) in [5.74, 6) is 1.75. The van der Waals surface area contributed by atoms with E-state index in [4.69, 9.17) is 9.47 Å². The molecule has 76 valence electrons. The topological polar surface area (TPSA) is 30.5 Å². The molecule has 0 unspecified atom stereocenters. The van der Waals surface area contributed by atoms with Gasteiger partial charge in [0, 0.05) is 6.54 Å². The van der Waals surface area contributed by atoms with Crippen LogP contribution in [-0.2, 0) is 9.47 Å². The van der Waals surface area contributed by atoms with E-state index in [-0.39, 0.29) is 0 Å². The van der Waals surface area contributed by atoms with Gasteiger partial charge >= 0.3 is 0 Å². The molecule has 1 saturated heterocycles. The van der Waals surface area contributed by atoms with E-state index in [0.29, 0.717) is 6.79 Å². The average molecular weight is 193 g/mol. The van der Waals surface area contributed by atoms with Crippen LogP contribution in [0.1, 0.15) is 13.3 Å². The van der Waals surface area contributed by atoms with Crippen molar-refractivity contribution in [3.8, 4) is 0 Å². The quantitative estimate of drug-likeness (QED) is 0.740. The van der Waals surface area contributed by atoms with Crippen molar-refractivity contribution in [1.82, 2.24) is 5.32 Å². The van der Waals surface area contributed by atoms with E-state index in [1.807, 2.05) is 0 Å². The molecular weight excluding hydrogens is 178 g/mol. The van der Waals surface area contributed by atoms with Gasteiger partial charge in [-0.15, -0.1) is 0 Å². The van der Waals surface area contributed by atoms with Crippen molar-refractivity contribution in [3.05, 3.63) is 35.3 Å². The molecule has 0 saturated carbocycles. The highest BCUT2D eigenvalue weighted by Crippen LogP contribution is 2.25. The molecule has 1 aliphatic heterocycles. The molecule has 3 heteroatoms. The fraction of sp³-hybridized carbons (Fsp3) is 0.455. The van der Waals surface area contributed by atoms with E-state index in [1.54, 1.807) is 0 Å². The van der Waals surface area contributed by atoms with Crippen LogP contribution in [0.15, 0.2) is 35.3 Å². The highest BCUT2D eigenvalue weighted by molar-refractivity contribution is 5.35. The van der Waals surface area contributed by atoms with Crippen LogP contribution in [0.3, 0.4) is 0 Å². The zero-order chi connectivity index (χ0) is 9.80. The van der Waals surface area contributed by atoms with E-state index in [2.05, 4.69) is 30.5 Å². The van der Waals surface area contributed by atoms with E-state index in [0.717, 1.165) is 31.0 Å². The van der Waals surface area contributed by atoms with Gasteiger partial charge in [0.25, 0.3) is 0 Å². The summed E-state index contributed by atoms with van der Waals surface area (Å²) in [6, 6.07) is 0. The molecule has 1 aliphatic carbocycles. The summed E-state index contributed by atoms with van der Waals surface area (Å²) >= 11 is 0. The van der Waals surface area contributed by atoms with Gasteiger partial charge in [0.15, 0.2) is 11.5 Å². The number of fused-ring (bicyclic) bond motifs is 1. The van der Waals surface area contributed by atoms with Crippen LogP contribution in [-0.4, -0.2) is 19.9 Å². The standard InChI is InChI=1S/C11H15NO2/c1-2-12-7-9-4-3-5-10-11(6-9)14-8-13-10/h4-6,12H,2-3,7-8H2,1H3. The Balaban J connectivity index is 2.07. The number of hydrogen-bond donors (Lipinski definition) is 1. The van der Waals surface area contributed by atoms with Gasteiger partial charge < -0.3 is 14.8 Å². The SMILES string of the molecule is CCNCC1=CCC=C2OCOC2=C1. The minimum absolute atomic E-state index is 0.353. The third kappa shape index (κ3) is 1.99. The summed E-state index contributed by atoms with van der Waals surface area (Å²) in [7, 11) is 0. The van der Waals surface area contributed by atoms with Crippen molar-refractivity contribution < 1.29 is 9.47 Å². The second-order valence-corrected chi connectivity index (χ2v) is 3.28. The number of hydrogen-bond acceptors (Lipinski definition) is 3. The molecule has 0 spiro atoms. The fourth-order valence-corrected chi connectivity index (χ4v) is 1.51. The lowest BCUT2D eigenvalue weighted by Gasteiger charge is -2.02. The smallest absolute Gasteiger partial charge is 0.231 e. The van der Waals surface area contributed by atoms with E-state index < -0.39 is 0 Å². The Bertz CT molecular complexity index is 302. The van der Waals surface area contributed by atoms with E-state index >= 15 is 0 Å². The van der Waals surface area contributed by atoms with Crippen LogP contribution in [0.5, 0.6) is 0 Å². The lowest BCUT2D eigenvalue weighted by atomic mass is 10.2. The van der Waals surface area contributed by atoms with Crippen LogP contribution in [0.2, 0.25) is 0 Å². The van der Waals surface area contributed by atoms with Crippen molar-refractivity contribution in [2.24, 2.45) is 0 Å². The summed E-state index contributed by atoms with van der Waals surface area (Å²) in [6.07, 6.45) is 7.21. The molecule has 0 amide bonds. The normalized spacial score (nSPS) is 19.6. The molecule has 2 aliphatic rings. The highest BCUT2D eigenvalue weighted by atomic mass is 16.7. The molecule has 0 aromatic rings. The second kappa shape index (κ2) is 4.33. The monoisotopic (exact) mass is 193 g/mol. The van der Waals surface area contributed by atoms with Gasteiger partial charge in [0.05, 0.1) is 0 Å². The maximum atomic E-state index is 5.35. The lowest BCUT2D eigenvalue weighted by Crippen LogP contribution is -2.15. The summed E-state index contributed by atoms with van der Waals surface area (Å²) in [4.78, 5) is 0. The molecule has 0 atom stereocenters. The Kier molecular flexibility index (Phi) is 2.89. The third-order valence-corrected chi connectivity index (χ3v) is 2.25. The Morgan fingerprint density at radius 1 is 1.29 bits per heavy atom. The molecule has 0 radical (unpaired) electrons. The van der Waals surface area contributed by atoms with Crippen molar-refractivity contribution in [1.29, 1.82) is 0 Å². The van der Waals surface area contributed by atoms with Gasteiger partial charge in [-0.3, -0.25) is 0 Å². The third-order valence-electron chi connectivity index (χ3n) is 2.25. The van der Waals surface area contributed by atoms with Gasteiger partial charge in [-0.25, -0.2) is 0 Å². The van der Waals surface area contributed by atoms with Crippen molar-refractivity contribution >= 4 is 0 Å². The predicted octanol–water partition coefficient (Wildman–Crippen LogP) is 1.70. The zero-order valence-electron chi connectivity index (χ0n) is 8.38. The van der Waals surface area contributed by atoms with Gasteiger partial charge in [-0.2, -0.15) is 0 Å². The van der Waals surface area contributed by atoms with Gasteiger partial charge in [-0.05, 0) is 30.7 Å². The lowest BCUT2D eigenvalue weighted by molar-refractivity contribution is 0.0974. The first-order valence-corrected chi connectivity index (χ1v) is 4.97. The molecule has 1 heterocycles. The molecular formula is C11H15NO2. The van der Waals surface area contributed by atoms with Gasteiger partial charge in [0.2, 0.25) is 6.79 Å². The first-order chi connectivity index (χ1) is 6.90. The number of likely N-dealkylation sites (N-methyl/N-ethyl adjacent to an activating group) is 1. The number of ether oxygens (including phenoxy) is 2. The fourth-order valence-electron chi connectivity index (χ4n) is 1.51. The Hall–Kier alpha value is -1.22. The number of rotatable bonds is 3. The first-order valence-electron chi connectivity index (χ1n) is 4.97. The Morgan fingerprint density at radius 2 is 2.14 bits per heavy atom. The minimum Gasteiger partial charge on any atom is -0.454 e. The zero-order valence-corrected chi connectivity index (χ0v) is 8.38. The molecule has 0 aromatic carbocycles. The summed E-state index contributed by atoms with van der Waals surface area (Å²) in [5, 5.41) is 3.29. The number of allylic oxidation sites excluding steroid dienone is 2. The second-order valence-electron chi connectivity index (χ2n) is 3.28. The molecule has 0 aromatic heterocycles. The Labute approximate surface area is 84.1 Å². The van der Waals surface area contributed by atoms with Crippen molar-refractivity contribution in [3.63, 3.8) is 0 Å². The molecule has 3 nitrogen and oxygen atoms in total. The van der Waals surface area contributed by atoms with Crippen LogP contribution < -0.4 is 5.32 Å². The van der Waals surface area contributed by atoms with Crippen molar-refractivity contribution in [2.45, 2.75) is 13.3 Å². The van der Waals surface area contributed by atoms with Gasteiger partial charge in [-0.1, -0.05) is 13.0 Å². The molecule has 2 rings (SSSR count). The highest BCUT2D eigenvalue weighted by Gasteiger charge is 2.17. The molecule has 0 bridgehead atoms. The molecule has 14 heavy (non-hydrogen) atoms. The van der Waals surface area contributed by atoms with Crippen LogP contribution in [0.4, 0.5) is 0 Å². The van der Waals surface area contributed by atoms with Gasteiger partial charge in [0.1, 0.15) is 0 Å².